The lowest BCUT2D eigenvalue weighted by Crippen LogP contribution is -2.42. The highest BCUT2D eigenvalue weighted by molar-refractivity contribution is 6.36. The number of imidazole rings is 2. The fraction of sp³-hybridized carbons (Fsp3) is 0.569. The normalized spacial score (nSPS) is 22.3. The molecule has 2 N–H and O–H groups in total. The summed E-state index contributed by atoms with van der Waals surface area (Å²) in [4.78, 5) is 42.3. The van der Waals surface area contributed by atoms with Crippen LogP contribution in [0.25, 0.3) is 16.8 Å². The molecule has 2 aromatic carbocycles. The van der Waals surface area contributed by atoms with Crippen LogP contribution < -0.4 is 10.6 Å². The van der Waals surface area contributed by atoms with Gasteiger partial charge in [-0.05, 0) is 86.5 Å². The first-order chi connectivity index (χ1) is 30.5. The van der Waals surface area contributed by atoms with Gasteiger partial charge in [-0.3, -0.25) is 19.4 Å². The highest BCUT2D eigenvalue weighted by Gasteiger charge is 2.57. The molecule has 5 aliphatic rings. The second-order valence-electron chi connectivity index (χ2n) is 18.7. The average molecular weight is 878 g/mol. The predicted octanol–water partition coefficient (Wildman–Crippen LogP) is 10.0. The first-order valence-electron chi connectivity index (χ1n) is 23.9. The minimum absolute atomic E-state index is 0.0540. The molecule has 2 bridgehead atoms. The summed E-state index contributed by atoms with van der Waals surface area (Å²) in [7, 11) is 4.05. The Morgan fingerprint density at radius 2 is 1.49 bits per heavy atom. The van der Waals surface area contributed by atoms with Gasteiger partial charge >= 0.3 is 0 Å². The largest absolute Gasteiger partial charge is 0.381 e. The lowest BCUT2D eigenvalue weighted by atomic mass is 9.78. The number of aromatic nitrogens is 4. The Labute approximate surface area is 380 Å². The van der Waals surface area contributed by atoms with Crippen molar-refractivity contribution in [1.82, 2.24) is 28.9 Å². The number of rotatable bonds is 14. The van der Waals surface area contributed by atoms with Gasteiger partial charge in [-0.25, -0.2) is 9.97 Å². The summed E-state index contributed by atoms with van der Waals surface area (Å²) in [6.07, 6.45) is 12.8. The number of benzene rings is 2. The number of ketones is 1. The summed E-state index contributed by atoms with van der Waals surface area (Å²) in [5.41, 5.74) is 9.82. The van der Waals surface area contributed by atoms with Crippen molar-refractivity contribution in [3.8, 4) is 11.1 Å². The van der Waals surface area contributed by atoms with E-state index in [0.717, 1.165) is 168 Å². The van der Waals surface area contributed by atoms with Gasteiger partial charge in [0.05, 0.1) is 27.8 Å². The lowest BCUT2D eigenvalue weighted by Gasteiger charge is -2.36. The van der Waals surface area contributed by atoms with E-state index in [2.05, 4.69) is 58.5 Å². The van der Waals surface area contributed by atoms with Gasteiger partial charge in [0, 0.05) is 113 Å². The molecule has 0 spiro atoms. The van der Waals surface area contributed by atoms with Crippen LogP contribution in [0.15, 0.2) is 43.0 Å². The number of Topliss-reactive ketones (excluding diaryl/α,β-unsaturated/α-hetero) is 1. The first-order valence-corrected chi connectivity index (χ1v) is 24.2. The van der Waals surface area contributed by atoms with Gasteiger partial charge in [-0.15, -0.1) is 0 Å². The summed E-state index contributed by atoms with van der Waals surface area (Å²) >= 11 is 7.30. The zero-order valence-electron chi connectivity index (χ0n) is 38.7. The van der Waals surface area contributed by atoms with E-state index in [1.54, 1.807) is 0 Å². The Morgan fingerprint density at radius 3 is 2.21 bits per heavy atom. The zero-order valence-corrected chi connectivity index (χ0v) is 39.4. The fourth-order valence-corrected chi connectivity index (χ4v) is 12.0. The maximum absolute atomic E-state index is 14.0. The highest BCUT2D eigenvalue weighted by atomic mass is 35.5. The van der Waals surface area contributed by atoms with Gasteiger partial charge in [0.1, 0.15) is 5.78 Å². The summed E-state index contributed by atoms with van der Waals surface area (Å²) in [5, 5.41) is 7.37. The molecule has 3 aliphatic heterocycles. The molecule has 2 aliphatic carbocycles. The van der Waals surface area contributed by atoms with E-state index in [1.165, 1.54) is 18.5 Å². The van der Waals surface area contributed by atoms with E-state index in [0.29, 0.717) is 28.4 Å². The van der Waals surface area contributed by atoms with Crippen LogP contribution >= 0.6 is 11.6 Å². The molecule has 1 saturated heterocycles. The minimum Gasteiger partial charge on any atom is -0.381 e. The molecule has 11 nitrogen and oxygen atoms in total. The topological polar surface area (TPSA) is 110 Å². The Morgan fingerprint density at radius 1 is 0.841 bits per heavy atom. The maximum atomic E-state index is 14.0. The average Bonchev–Trinajstić information content (AvgIpc) is 4.05. The summed E-state index contributed by atoms with van der Waals surface area (Å²) < 4.78 is 9.77. The number of ether oxygens (including phenoxy) is 1. The van der Waals surface area contributed by atoms with Crippen molar-refractivity contribution in [1.29, 1.82) is 0 Å². The van der Waals surface area contributed by atoms with Gasteiger partial charge in [0.2, 0.25) is 0 Å². The van der Waals surface area contributed by atoms with Gasteiger partial charge in [-0.2, -0.15) is 0 Å². The highest BCUT2D eigenvalue weighted by Crippen LogP contribution is 2.62. The minimum atomic E-state index is -0.208. The van der Waals surface area contributed by atoms with Crippen molar-refractivity contribution in [2.24, 2.45) is 24.9 Å². The molecule has 338 valence electrons. The number of fused-ring (bicyclic) bond motifs is 4. The molecule has 2 saturated carbocycles. The number of nitrogens with zero attached hydrogens (tertiary/aromatic N) is 6. The number of nitrogens with one attached hydrogen (secondary N) is 2. The maximum Gasteiger partial charge on any atom is 0.291 e. The number of amides is 1. The number of hydrogen-bond donors (Lipinski definition) is 2. The van der Waals surface area contributed by atoms with E-state index < -0.39 is 0 Å². The molecule has 0 radical (unpaired) electrons. The van der Waals surface area contributed by atoms with Gasteiger partial charge < -0.3 is 24.5 Å². The zero-order chi connectivity index (χ0) is 44.5. The molecule has 3 fully saturated rings. The summed E-state index contributed by atoms with van der Waals surface area (Å²) in [6.45, 7) is 18.9. The Hall–Kier alpha value is -4.29. The molecule has 2 aromatic heterocycles. The molecule has 0 atom stereocenters. The second-order valence-corrected chi connectivity index (χ2v) is 19.1. The number of hydrogen-bond acceptors (Lipinski definition) is 8. The molecular formula is C51H69ClN8O3. The summed E-state index contributed by atoms with van der Waals surface area (Å²) in [5.74, 6) is 1.55. The SMILES string of the molecule is C=C(Nc1cccc(-c2cccc(NC(=O)c3nc4c(n3C)CCN(C3CCOCC3)C4)c2CCC)c1Cl)c1nc2c(n1C)CCN(CC13CCC(C(=O)CCC)(CC1)C3)C2.CC. The third kappa shape index (κ3) is 8.79. The van der Waals surface area contributed by atoms with E-state index in [9.17, 15) is 9.59 Å². The molecule has 63 heavy (non-hydrogen) atoms. The van der Waals surface area contributed by atoms with E-state index in [-0.39, 0.29) is 16.7 Å². The van der Waals surface area contributed by atoms with Crippen LogP contribution in [0.2, 0.25) is 5.02 Å². The number of halogens is 1. The monoisotopic (exact) mass is 877 g/mol. The Kier molecular flexibility index (Phi) is 13.7. The van der Waals surface area contributed by atoms with Crippen LogP contribution in [0.5, 0.6) is 0 Å². The molecule has 5 heterocycles. The van der Waals surface area contributed by atoms with Crippen LogP contribution in [0.3, 0.4) is 0 Å². The van der Waals surface area contributed by atoms with Gasteiger partial charge in [0.25, 0.3) is 5.91 Å². The second kappa shape index (κ2) is 19.0. The lowest BCUT2D eigenvalue weighted by molar-refractivity contribution is -0.128. The van der Waals surface area contributed by atoms with Gasteiger partial charge in [-0.1, -0.05) is 76.6 Å². The van der Waals surface area contributed by atoms with Crippen molar-refractivity contribution in [2.45, 2.75) is 130 Å². The van der Waals surface area contributed by atoms with Crippen LogP contribution in [0, 0.1) is 10.8 Å². The number of carbonyl (C=O) groups is 2. The number of carbonyl (C=O) groups excluding carboxylic acids is 2. The van der Waals surface area contributed by atoms with Crippen molar-refractivity contribution in [3.05, 3.63) is 88.0 Å². The first kappa shape index (κ1) is 45.3. The van der Waals surface area contributed by atoms with Crippen molar-refractivity contribution in [2.75, 3.05) is 43.5 Å². The molecule has 9 rings (SSSR count). The number of anilines is 2. The van der Waals surface area contributed by atoms with E-state index in [4.69, 9.17) is 26.3 Å². The fourth-order valence-electron chi connectivity index (χ4n) is 11.7. The Balaban J connectivity index is 0.00000268. The van der Waals surface area contributed by atoms with Crippen LogP contribution in [-0.2, 0) is 56.0 Å². The standard InChI is InChI=1S/C49H63ClN8O3.C2H6/c1-6-10-35-34(12-8-14-37(35)54-47(60)46-53-40-29-58(25-17-42(40)56(46)5)33-18-26-61-27-19-33)36-13-9-15-38(44(36)50)51-32(3)45-52-39-28-57(24-16-41(39)55(45)4)31-48-20-22-49(30-48,23-21-48)43(59)11-7-2;1-2/h8-9,12-15,33,51H,3,6-7,10-11,16-31H2,1-2,4-5H3,(H,54,60);1-2H3. The third-order valence-corrected chi connectivity index (χ3v) is 15.3. The molecule has 0 unspecified atom stereocenters. The van der Waals surface area contributed by atoms with Crippen molar-refractivity contribution >= 4 is 40.4 Å². The molecular weight excluding hydrogens is 808 g/mol. The van der Waals surface area contributed by atoms with Crippen molar-refractivity contribution in [3.63, 3.8) is 0 Å². The smallest absolute Gasteiger partial charge is 0.291 e. The van der Waals surface area contributed by atoms with Crippen LogP contribution in [0.4, 0.5) is 11.4 Å². The molecule has 1 amide bonds. The Bertz CT molecular complexity index is 2330. The van der Waals surface area contributed by atoms with Crippen molar-refractivity contribution < 1.29 is 14.3 Å². The third-order valence-electron chi connectivity index (χ3n) is 14.9. The van der Waals surface area contributed by atoms with Crippen LogP contribution in [0.1, 0.15) is 137 Å². The quantitative estimate of drug-likeness (QED) is 0.129. The molecule has 12 heteroatoms. The molecule has 4 aromatic rings. The van der Waals surface area contributed by atoms with Crippen LogP contribution in [-0.4, -0.2) is 79.5 Å². The summed E-state index contributed by atoms with van der Waals surface area (Å²) in [6, 6.07) is 12.6. The predicted molar refractivity (Wildman–Crippen MR) is 254 cm³/mol. The van der Waals surface area contributed by atoms with E-state index >= 15 is 0 Å². The van der Waals surface area contributed by atoms with Gasteiger partial charge in [0.15, 0.2) is 11.6 Å². The van der Waals surface area contributed by atoms with E-state index in [1.807, 2.05) is 55.8 Å².